The molecule has 9 heteroatoms. The standard InChI is InChI=1S/C21H28F3N3O3/c1-20(8-3-9-20)26-18(28)14-27-10-6-15(7-11-27)13-25-19(29)16-4-2-5-17(12-16)30-21(22,23)24/h2,4-5,12,15H,3,6-11,13-14H2,1H3,(H,25,29)(H,26,28). The normalized spacial score (nSPS) is 19.6. The van der Waals surface area contributed by atoms with Gasteiger partial charge in [0.15, 0.2) is 0 Å². The quantitative estimate of drug-likeness (QED) is 0.702. The summed E-state index contributed by atoms with van der Waals surface area (Å²) in [5.41, 5.74) is 0.0811. The molecule has 1 aliphatic carbocycles. The van der Waals surface area contributed by atoms with Crippen LogP contribution in [0.25, 0.3) is 0 Å². The Hall–Kier alpha value is -2.29. The largest absolute Gasteiger partial charge is 0.573 e. The molecule has 0 unspecified atom stereocenters. The molecule has 1 aliphatic heterocycles. The third-order valence-electron chi connectivity index (χ3n) is 5.85. The van der Waals surface area contributed by atoms with E-state index in [2.05, 4.69) is 27.2 Å². The number of likely N-dealkylation sites (tertiary alicyclic amines) is 1. The van der Waals surface area contributed by atoms with Gasteiger partial charge >= 0.3 is 6.36 Å². The van der Waals surface area contributed by atoms with Crippen molar-refractivity contribution in [1.29, 1.82) is 0 Å². The van der Waals surface area contributed by atoms with Crippen molar-refractivity contribution < 1.29 is 27.5 Å². The topological polar surface area (TPSA) is 70.7 Å². The Kier molecular flexibility index (Phi) is 6.90. The molecule has 1 aromatic carbocycles. The van der Waals surface area contributed by atoms with Crippen molar-refractivity contribution in [2.45, 2.75) is 50.9 Å². The summed E-state index contributed by atoms with van der Waals surface area (Å²) in [5.74, 6) is -0.521. The van der Waals surface area contributed by atoms with Crippen molar-refractivity contribution in [3.05, 3.63) is 29.8 Å². The highest BCUT2D eigenvalue weighted by Gasteiger charge is 2.34. The van der Waals surface area contributed by atoms with E-state index >= 15 is 0 Å². The van der Waals surface area contributed by atoms with E-state index < -0.39 is 18.0 Å². The van der Waals surface area contributed by atoms with Gasteiger partial charge in [0.1, 0.15) is 5.75 Å². The number of nitrogens with zero attached hydrogens (tertiary/aromatic N) is 1. The number of hydrogen-bond donors (Lipinski definition) is 2. The van der Waals surface area contributed by atoms with Crippen molar-refractivity contribution >= 4 is 11.8 Å². The fourth-order valence-corrected chi connectivity index (χ4v) is 3.93. The van der Waals surface area contributed by atoms with Crippen LogP contribution in [0.3, 0.4) is 0 Å². The summed E-state index contributed by atoms with van der Waals surface area (Å²) < 4.78 is 40.8. The Morgan fingerprint density at radius 1 is 1.23 bits per heavy atom. The lowest BCUT2D eigenvalue weighted by molar-refractivity contribution is -0.274. The van der Waals surface area contributed by atoms with Gasteiger partial charge in [-0.1, -0.05) is 6.07 Å². The maximum absolute atomic E-state index is 12.3. The van der Waals surface area contributed by atoms with Crippen LogP contribution in [0.1, 0.15) is 49.4 Å². The predicted molar refractivity (Wildman–Crippen MR) is 105 cm³/mol. The molecule has 3 rings (SSSR count). The minimum atomic E-state index is -4.80. The molecule has 1 saturated carbocycles. The lowest BCUT2D eigenvalue weighted by Gasteiger charge is -2.40. The first-order valence-corrected chi connectivity index (χ1v) is 10.3. The van der Waals surface area contributed by atoms with Gasteiger partial charge in [-0.15, -0.1) is 13.2 Å². The van der Waals surface area contributed by atoms with Gasteiger partial charge in [-0.2, -0.15) is 0 Å². The monoisotopic (exact) mass is 427 g/mol. The summed E-state index contributed by atoms with van der Waals surface area (Å²) in [4.78, 5) is 26.6. The van der Waals surface area contributed by atoms with Crippen molar-refractivity contribution in [1.82, 2.24) is 15.5 Å². The first-order valence-electron chi connectivity index (χ1n) is 10.3. The molecule has 2 N–H and O–H groups in total. The zero-order valence-corrected chi connectivity index (χ0v) is 17.1. The van der Waals surface area contributed by atoms with E-state index in [9.17, 15) is 22.8 Å². The molecule has 1 saturated heterocycles. The van der Waals surface area contributed by atoms with Gasteiger partial charge in [0.25, 0.3) is 5.91 Å². The molecule has 1 heterocycles. The van der Waals surface area contributed by atoms with Crippen LogP contribution >= 0.6 is 0 Å². The van der Waals surface area contributed by atoms with Gasteiger partial charge in [0, 0.05) is 17.6 Å². The fourth-order valence-electron chi connectivity index (χ4n) is 3.93. The molecule has 0 radical (unpaired) electrons. The maximum Gasteiger partial charge on any atom is 0.573 e. The van der Waals surface area contributed by atoms with E-state index in [0.717, 1.165) is 57.3 Å². The molecule has 0 bridgehead atoms. The molecule has 0 atom stereocenters. The number of benzene rings is 1. The van der Waals surface area contributed by atoms with E-state index in [1.54, 1.807) is 0 Å². The van der Waals surface area contributed by atoms with Gasteiger partial charge in [-0.3, -0.25) is 14.5 Å². The molecule has 2 aliphatic rings. The lowest BCUT2D eigenvalue weighted by atomic mass is 9.78. The minimum Gasteiger partial charge on any atom is -0.406 e. The first-order chi connectivity index (χ1) is 14.1. The van der Waals surface area contributed by atoms with Crippen molar-refractivity contribution in [3.63, 3.8) is 0 Å². The molecule has 0 aromatic heterocycles. The zero-order chi connectivity index (χ0) is 21.8. The first kappa shape index (κ1) is 22.4. The van der Waals surface area contributed by atoms with Crippen LogP contribution in [0.2, 0.25) is 0 Å². The van der Waals surface area contributed by atoms with Crippen LogP contribution in [0.5, 0.6) is 5.75 Å². The van der Waals surface area contributed by atoms with E-state index in [4.69, 9.17) is 0 Å². The highest BCUT2D eigenvalue weighted by molar-refractivity contribution is 5.94. The number of nitrogens with one attached hydrogen (secondary N) is 2. The average molecular weight is 427 g/mol. The van der Waals surface area contributed by atoms with Crippen LogP contribution in [-0.2, 0) is 4.79 Å². The number of ether oxygens (including phenoxy) is 1. The number of rotatable bonds is 7. The molecule has 166 valence electrons. The number of carbonyl (C=O) groups is 2. The van der Waals surface area contributed by atoms with Crippen LogP contribution in [-0.4, -0.2) is 54.8 Å². The van der Waals surface area contributed by atoms with Crippen molar-refractivity contribution in [3.8, 4) is 5.75 Å². The molecule has 30 heavy (non-hydrogen) atoms. The van der Waals surface area contributed by atoms with Gasteiger partial charge in [-0.05, 0) is 76.2 Å². The van der Waals surface area contributed by atoms with Crippen molar-refractivity contribution in [2.75, 3.05) is 26.2 Å². The summed E-state index contributed by atoms with van der Waals surface area (Å²) in [6.07, 6.45) is 0.130. The summed E-state index contributed by atoms with van der Waals surface area (Å²) in [6, 6.07) is 5.03. The third-order valence-corrected chi connectivity index (χ3v) is 5.85. The van der Waals surface area contributed by atoms with E-state index in [-0.39, 0.29) is 22.9 Å². The Bertz CT molecular complexity index is 757. The number of hydrogen-bond acceptors (Lipinski definition) is 4. The molecular weight excluding hydrogens is 399 g/mol. The maximum atomic E-state index is 12.3. The molecular formula is C21H28F3N3O3. The molecule has 1 aromatic rings. The van der Waals surface area contributed by atoms with Crippen LogP contribution < -0.4 is 15.4 Å². The number of halogens is 3. The molecule has 6 nitrogen and oxygen atoms in total. The Morgan fingerprint density at radius 3 is 2.53 bits per heavy atom. The van der Waals surface area contributed by atoms with Crippen LogP contribution in [0.15, 0.2) is 24.3 Å². The minimum absolute atomic E-state index is 0.0396. The average Bonchev–Trinajstić information content (AvgIpc) is 2.64. The van der Waals surface area contributed by atoms with Gasteiger partial charge in [-0.25, -0.2) is 0 Å². The third kappa shape index (κ3) is 6.62. The second kappa shape index (κ2) is 9.24. The zero-order valence-electron chi connectivity index (χ0n) is 17.1. The Balaban J connectivity index is 1.38. The van der Waals surface area contributed by atoms with Crippen LogP contribution in [0.4, 0.5) is 13.2 Å². The van der Waals surface area contributed by atoms with E-state index in [1.165, 1.54) is 12.1 Å². The van der Waals surface area contributed by atoms with Crippen LogP contribution in [0, 0.1) is 5.92 Å². The smallest absolute Gasteiger partial charge is 0.406 e. The fraction of sp³-hybridized carbons (Fsp3) is 0.619. The SMILES string of the molecule is CC1(NC(=O)CN2CCC(CNC(=O)c3cccc(OC(F)(F)F)c3)CC2)CCC1. The summed E-state index contributed by atoms with van der Waals surface area (Å²) in [6.45, 7) is 4.47. The van der Waals surface area contributed by atoms with Gasteiger partial charge in [0.2, 0.25) is 5.91 Å². The van der Waals surface area contributed by atoms with E-state index in [1.807, 2.05) is 0 Å². The molecule has 0 spiro atoms. The summed E-state index contributed by atoms with van der Waals surface area (Å²) in [5, 5.41) is 5.90. The number of piperidine rings is 1. The number of amides is 2. The molecule has 2 fully saturated rings. The number of carbonyl (C=O) groups excluding carboxylic acids is 2. The Labute approximate surface area is 174 Å². The van der Waals surface area contributed by atoms with Gasteiger partial charge < -0.3 is 15.4 Å². The molecule has 2 amide bonds. The second-order valence-corrected chi connectivity index (χ2v) is 8.47. The summed E-state index contributed by atoms with van der Waals surface area (Å²) in [7, 11) is 0. The van der Waals surface area contributed by atoms with Gasteiger partial charge in [0.05, 0.1) is 6.54 Å². The van der Waals surface area contributed by atoms with Crippen molar-refractivity contribution in [2.24, 2.45) is 5.92 Å². The summed E-state index contributed by atoms with van der Waals surface area (Å²) >= 11 is 0. The predicted octanol–water partition coefficient (Wildman–Crippen LogP) is 3.09. The van der Waals surface area contributed by atoms with E-state index in [0.29, 0.717) is 13.1 Å². The highest BCUT2D eigenvalue weighted by Crippen LogP contribution is 2.30. The lowest BCUT2D eigenvalue weighted by Crippen LogP contribution is -2.54. The Morgan fingerprint density at radius 2 is 1.93 bits per heavy atom. The second-order valence-electron chi connectivity index (χ2n) is 8.47. The highest BCUT2D eigenvalue weighted by atomic mass is 19.4. The number of alkyl halides is 3.